The van der Waals surface area contributed by atoms with Gasteiger partial charge in [-0.1, -0.05) is 6.07 Å². The highest BCUT2D eigenvalue weighted by Gasteiger charge is 2.20. The standard InChI is InChI=1S/C25H27N7O2S/c1-17(2)32-6-5-21(28-32)22-23(31-11-14-35-25(31)27-22)18-3-4-20-19(15-18)24(33)30(16-26-20)8-7-29-9-12-34-13-10-29/h3-6,11,14-17H,7-10,12-13H2,1-2H3. The highest BCUT2D eigenvalue weighted by molar-refractivity contribution is 7.15. The van der Waals surface area contributed by atoms with Crippen LogP contribution in [0.1, 0.15) is 19.9 Å². The second kappa shape index (κ2) is 9.03. The lowest BCUT2D eigenvalue weighted by molar-refractivity contribution is 0.0362. The van der Waals surface area contributed by atoms with Crippen molar-refractivity contribution < 1.29 is 4.74 Å². The van der Waals surface area contributed by atoms with E-state index in [0.717, 1.165) is 60.5 Å². The number of fused-ring (bicyclic) bond motifs is 2. The monoisotopic (exact) mass is 489 g/mol. The molecule has 0 aliphatic carbocycles. The molecule has 1 fully saturated rings. The summed E-state index contributed by atoms with van der Waals surface area (Å²) in [6.07, 6.45) is 5.65. The van der Waals surface area contributed by atoms with Gasteiger partial charge in [-0.15, -0.1) is 11.3 Å². The number of hydrogen-bond acceptors (Lipinski definition) is 7. The number of hydrogen-bond donors (Lipinski definition) is 0. The van der Waals surface area contributed by atoms with Gasteiger partial charge in [0.05, 0.1) is 36.1 Å². The third-order valence-electron chi connectivity index (χ3n) is 6.50. The van der Waals surface area contributed by atoms with Crippen molar-refractivity contribution in [3.63, 3.8) is 0 Å². The largest absolute Gasteiger partial charge is 0.379 e. The first-order chi connectivity index (χ1) is 17.1. The Kier molecular flexibility index (Phi) is 5.71. The minimum Gasteiger partial charge on any atom is -0.379 e. The summed E-state index contributed by atoms with van der Waals surface area (Å²) >= 11 is 1.58. The highest BCUT2D eigenvalue weighted by Crippen LogP contribution is 2.34. The zero-order valence-corrected chi connectivity index (χ0v) is 20.6. The molecule has 0 bridgehead atoms. The van der Waals surface area contributed by atoms with Crippen molar-refractivity contribution in [2.45, 2.75) is 26.4 Å². The molecule has 4 aromatic heterocycles. The van der Waals surface area contributed by atoms with E-state index in [1.165, 1.54) is 0 Å². The van der Waals surface area contributed by atoms with Gasteiger partial charge in [0.15, 0.2) is 4.96 Å². The summed E-state index contributed by atoms with van der Waals surface area (Å²) in [6, 6.07) is 8.13. The molecule has 1 aliphatic rings. The topological polar surface area (TPSA) is 82.5 Å². The Morgan fingerprint density at radius 1 is 1.11 bits per heavy atom. The zero-order valence-electron chi connectivity index (χ0n) is 19.8. The Bertz CT molecular complexity index is 1560. The van der Waals surface area contributed by atoms with Crippen molar-refractivity contribution in [3.8, 4) is 22.6 Å². The van der Waals surface area contributed by atoms with Crippen LogP contribution in [0.4, 0.5) is 0 Å². The molecule has 0 N–H and O–H groups in total. The van der Waals surface area contributed by atoms with E-state index in [0.29, 0.717) is 17.4 Å². The van der Waals surface area contributed by atoms with Gasteiger partial charge in [0.25, 0.3) is 5.56 Å². The van der Waals surface area contributed by atoms with Gasteiger partial charge in [-0.2, -0.15) is 5.10 Å². The quantitative estimate of drug-likeness (QED) is 0.363. The number of rotatable bonds is 6. The molecule has 1 saturated heterocycles. The van der Waals surface area contributed by atoms with Crippen molar-refractivity contribution in [2.24, 2.45) is 0 Å². The third-order valence-corrected chi connectivity index (χ3v) is 7.26. The number of morpholine rings is 1. The van der Waals surface area contributed by atoms with Gasteiger partial charge in [0, 0.05) is 55.6 Å². The van der Waals surface area contributed by atoms with Crippen molar-refractivity contribution in [1.29, 1.82) is 0 Å². The SMILES string of the molecule is CC(C)n1ccc(-c2nc3sccn3c2-c2ccc3ncn(CCN4CCOCC4)c(=O)c3c2)n1. The van der Waals surface area contributed by atoms with E-state index in [9.17, 15) is 4.79 Å². The van der Waals surface area contributed by atoms with Gasteiger partial charge in [-0.3, -0.25) is 23.3 Å². The summed E-state index contributed by atoms with van der Waals surface area (Å²) < 4.78 is 11.1. The van der Waals surface area contributed by atoms with Crippen molar-refractivity contribution in [1.82, 2.24) is 33.6 Å². The molecule has 0 unspecified atom stereocenters. The molecule has 0 radical (unpaired) electrons. The smallest absolute Gasteiger partial charge is 0.261 e. The van der Waals surface area contributed by atoms with E-state index in [2.05, 4.69) is 28.1 Å². The normalized spacial score (nSPS) is 15.1. The molecule has 1 aliphatic heterocycles. The van der Waals surface area contributed by atoms with Gasteiger partial charge in [0.2, 0.25) is 0 Å². The summed E-state index contributed by atoms with van der Waals surface area (Å²) in [5, 5.41) is 7.38. The molecular weight excluding hydrogens is 462 g/mol. The Morgan fingerprint density at radius 3 is 2.77 bits per heavy atom. The van der Waals surface area contributed by atoms with Crippen molar-refractivity contribution >= 4 is 27.2 Å². The van der Waals surface area contributed by atoms with Crippen LogP contribution in [0.25, 0.3) is 38.5 Å². The molecule has 1 aromatic carbocycles. The van der Waals surface area contributed by atoms with E-state index in [1.54, 1.807) is 22.2 Å². The van der Waals surface area contributed by atoms with E-state index in [-0.39, 0.29) is 11.6 Å². The average Bonchev–Trinajstić information content (AvgIpc) is 3.60. The maximum atomic E-state index is 13.4. The molecule has 5 heterocycles. The molecule has 10 heteroatoms. The third kappa shape index (κ3) is 4.07. The van der Waals surface area contributed by atoms with Crippen LogP contribution >= 0.6 is 11.3 Å². The number of imidazole rings is 1. The Labute approximate surface area is 206 Å². The summed E-state index contributed by atoms with van der Waals surface area (Å²) in [6.45, 7) is 8.89. The molecule has 5 aromatic rings. The van der Waals surface area contributed by atoms with Gasteiger partial charge in [-0.05, 0) is 32.0 Å². The molecule has 6 rings (SSSR count). The van der Waals surface area contributed by atoms with Crippen LogP contribution < -0.4 is 5.56 Å². The Balaban J connectivity index is 1.41. The first-order valence-electron chi connectivity index (χ1n) is 11.9. The maximum absolute atomic E-state index is 13.4. The van der Waals surface area contributed by atoms with E-state index in [1.807, 2.05) is 46.7 Å². The van der Waals surface area contributed by atoms with Gasteiger partial charge in [-0.25, -0.2) is 9.97 Å². The van der Waals surface area contributed by atoms with Gasteiger partial charge < -0.3 is 4.74 Å². The van der Waals surface area contributed by atoms with E-state index < -0.39 is 0 Å². The highest BCUT2D eigenvalue weighted by atomic mass is 32.1. The summed E-state index contributed by atoms with van der Waals surface area (Å²) in [7, 11) is 0. The van der Waals surface area contributed by atoms with Crippen LogP contribution in [0.15, 0.2) is 53.2 Å². The minimum absolute atomic E-state index is 0.0261. The lowest BCUT2D eigenvalue weighted by Crippen LogP contribution is -2.39. The summed E-state index contributed by atoms with van der Waals surface area (Å²) in [5.74, 6) is 0. The molecule has 35 heavy (non-hydrogen) atoms. The summed E-state index contributed by atoms with van der Waals surface area (Å²) in [5.41, 5.74) is 4.15. The van der Waals surface area contributed by atoms with Crippen LogP contribution in [0.2, 0.25) is 0 Å². The zero-order chi connectivity index (χ0) is 23.9. The fraction of sp³-hybridized carbons (Fsp3) is 0.360. The predicted octanol–water partition coefficient (Wildman–Crippen LogP) is 3.55. The predicted molar refractivity (Wildman–Crippen MR) is 137 cm³/mol. The van der Waals surface area contributed by atoms with Crippen LogP contribution in [-0.2, 0) is 11.3 Å². The van der Waals surface area contributed by atoms with Crippen LogP contribution in [0, 0.1) is 0 Å². The van der Waals surface area contributed by atoms with E-state index >= 15 is 0 Å². The number of ether oxygens (including phenoxy) is 1. The number of aromatic nitrogens is 6. The molecule has 0 amide bonds. The maximum Gasteiger partial charge on any atom is 0.261 e. The van der Waals surface area contributed by atoms with Crippen LogP contribution in [-0.4, -0.2) is 66.5 Å². The fourth-order valence-electron chi connectivity index (χ4n) is 4.53. The number of benzene rings is 1. The molecule has 0 atom stereocenters. The lowest BCUT2D eigenvalue weighted by atomic mass is 10.1. The lowest BCUT2D eigenvalue weighted by Gasteiger charge is -2.26. The molecule has 0 saturated carbocycles. The molecule has 9 nitrogen and oxygen atoms in total. The van der Waals surface area contributed by atoms with Crippen LogP contribution in [0.3, 0.4) is 0 Å². The average molecular weight is 490 g/mol. The second-order valence-electron chi connectivity index (χ2n) is 9.07. The van der Waals surface area contributed by atoms with Crippen molar-refractivity contribution in [3.05, 3.63) is 58.7 Å². The molecular formula is C25H27N7O2S. The van der Waals surface area contributed by atoms with Gasteiger partial charge in [0.1, 0.15) is 11.4 Å². The Hall–Kier alpha value is -3.34. The molecule has 0 spiro atoms. The Morgan fingerprint density at radius 2 is 1.97 bits per heavy atom. The number of thiazole rings is 1. The summed E-state index contributed by atoms with van der Waals surface area (Å²) in [4.78, 5) is 26.1. The fourth-order valence-corrected chi connectivity index (χ4v) is 5.25. The van der Waals surface area contributed by atoms with E-state index in [4.69, 9.17) is 14.8 Å². The second-order valence-corrected chi connectivity index (χ2v) is 9.94. The van der Waals surface area contributed by atoms with Crippen LogP contribution in [0.5, 0.6) is 0 Å². The van der Waals surface area contributed by atoms with Gasteiger partial charge >= 0.3 is 0 Å². The van der Waals surface area contributed by atoms with Crippen molar-refractivity contribution in [2.75, 3.05) is 32.8 Å². The number of nitrogens with zero attached hydrogens (tertiary/aromatic N) is 7. The first kappa shape index (κ1) is 22.1. The first-order valence-corrected chi connectivity index (χ1v) is 12.8. The minimum atomic E-state index is -0.0261. The molecule has 180 valence electrons.